The van der Waals surface area contributed by atoms with Crippen molar-refractivity contribution in [2.75, 3.05) is 18.9 Å². The summed E-state index contributed by atoms with van der Waals surface area (Å²) in [6, 6.07) is 0. The minimum absolute atomic E-state index is 0.205. The van der Waals surface area contributed by atoms with E-state index in [1.54, 1.807) is 11.8 Å². The molecule has 0 bridgehead atoms. The molecular formula is C10H17NO2S. The maximum atomic E-state index is 11.6. The molecule has 0 aromatic rings. The van der Waals surface area contributed by atoms with E-state index in [1.165, 1.54) is 6.42 Å². The zero-order valence-corrected chi connectivity index (χ0v) is 9.15. The van der Waals surface area contributed by atoms with Crippen molar-refractivity contribution in [2.24, 2.45) is 0 Å². The second kappa shape index (κ2) is 5.03. The minimum atomic E-state index is 0.205. The van der Waals surface area contributed by atoms with Gasteiger partial charge in [-0.3, -0.25) is 4.79 Å². The first-order chi connectivity index (χ1) is 6.86. The van der Waals surface area contributed by atoms with Crippen molar-refractivity contribution >= 4 is 17.7 Å². The van der Waals surface area contributed by atoms with Crippen molar-refractivity contribution in [3.8, 4) is 0 Å². The summed E-state index contributed by atoms with van der Waals surface area (Å²) < 4.78 is 5.44. The lowest BCUT2D eigenvalue weighted by Gasteiger charge is -2.13. The Morgan fingerprint density at radius 2 is 2.36 bits per heavy atom. The Hall–Kier alpha value is -0.220. The van der Waals surface area contributed by atoms with E-state index in [1.807, 2.05) is 0 Å². The lowest BCUT2D eigenvalue weighted by Crippen LogP contribution is -2.36. The van der Waals surface area contributed by atoms with Gasteiger partial charge >= 0.3 is 0 Å². The average Bonchev–Trinajstić information content (AvgIpc) is 2.87. The molecule has 4 heteroatoms. The van der Waals surface area contributed by atoms with Gasteiger partial charge in [0, 0.05) is 13.2 Å². The second-order valence-corrected chi connectivity index (χ2v) is 5.19. The van der Waals surface area contributed by atoms with Gasteiger partial charge in [0.1, 0.15) is 0 Å². The lowest BCUT2D eigenvalue weighted by atomic mass is 10.2. The Kier molecular flexibility index (Phi) is 3.70. The Balaban J connectivity index is 1.66. The normalized spacial score (nSPS) is 32.0. The number of ether oxygens (including phenoxy) is 1. The molecular weight excluding hydrogens is 198 g/mol. The molecule has 1 N–H and O–H groups in total. The summed E-state index contributed by atoms with van der Waals surface area (Å²) in [7, 11) is 0. The van der Waals surface area contributed by atoms with Crippen molar-refractivity contribution in [1.82, 2.24) is 5.32 Å². The van der Waals surface area contributed by atoms with Gasteiger partial charge in [0.25, 0.3) is 0 Å². The molecule has 0 aliphatic carbocycles. The Bertz CT molecular complexity index is 198. The topological polar surface area (TPSA) is 38.3 Å². The van der Waals surface area contributed by atoms with Gasteiger partial charge < -0.3 is 10.1 Å². The highest BCUT2D eigenvalue weighted by Crippen LogP contribution is 2.26. The van der Waals surface area contributed by atoms with E-state index in [-0.39, 0.29) is 17.3 Å². The molecule has 3 nitrogen and oxygen atoms in total. The molecule has 2 saturated heterocycles. The number of amides is 1. The summed E-state index contributed by atoms with van der Waals surface area (Å²) in [6.45, 7) is 1.56. The predicted molar refractivity (Wildman–Crippen MR) is 57.5 cm³/mol. The number of carbonyl (C=O) groups excluding carboxylic acids is 1. The molecule has 2 unspecified atom stereocenters. The van der Waals surface area contributed by atoms with Gasteiger partial charge in [-0.1, -0.05) is 0 Å². The Morgan fingerprint density at radius 3 is 3.00 bits per heavy atom. The van der Waals surface area contributed by atoms with E-state index in [4.69, 9.17) is 4.74 Å². The fourth-order valence-electron chi connectivity index (χ4n) is 1.92. The van der Waals surface area contributed by atoms with Crippen molar-refractivity contribution in [3.05, 3.63) is 0 Å². The van der Waals surface area contributed by atoms with Crippen LogP contribution in [0.4, 0.5) is 0 Å². The molecule has 0 saturated carbocycles. The number of rotatable bonds is 3. The van der Waals surface area contributed by atoms with Crippen LogP contribution in [0.15, 0.2) is 0 Å². The first kappa shape index (κ1) is 10.3. The molecule has 2 rings (SSSR count). The number of hydrogen-bond acceptors (Lipinski definition) is 3. The number of thioether (sulfide) groups is 1. The van der Waals surface area contributed by atoms with Gasteiger partial charge in [0.15, 0.2) is 0 Å². The molecule has 0 aromatic heterocycles. The lowest BCUT2D eigenvalue weighted by molar-refractivity contribution is -0.121. The third-order valence-electron chi connectivity index (χ3n) is 2.75. The van der Waals surface area contributed by atoms with E-state index >= 15 is 0 Å². The summed E-state index contributed by atoms with van der Waals surface area (Å²) in [5.74, 6) is 1.35. The molecule has 0 radical (unpaired) electrons. The molecule has 0 aromatic carbocycles. The first-order valence-corrected chi connectivity index (χ1v) is 6.42. The second-order valence-electron chi connectivity index (χ2n) is 3.88. The minimum Gasteiger partial charge on any atom is -0.376 e. The van der Waals surface area contributed by atoms with Crippen LogP contribution in [0.3, 0.4) is 0 Å². The van der Waals surface area contributed by atoms with E-state index in [0.717, 1.165) is 31.6 Å². The van der Waals surface area contributed by atoms with Crippen LogP contribution in [-0.4, -0.2) is 36.2 Å². The van der Waals surface area contributed by atoms with Crippen molar-refractivity contribution in [3.63, 3.8) is 0 Å². The predicted octanol–water partition coefficient (Wildman–Crippen LogP) is 1.18. The van der Waals surface area contributed by atoms with Crippen LogP contribution in [0.2, 0.25) is 0 Å². The maximum Gasteiger partial charge on any atom is 0.233 e. The smallest absolute Gasteiger partial charge is 0.233 e. The number of carbonyl (C=O) groups is 1. The van der Waals surface area contributed by atoms with Gasteiger partial charge in [0.2, 0.25) is 5.91 Å². The summed E-state index contributed by atoms with van der Waals surface area (Å²) in [6.07, 6.45) is 4.73. The van der Waals surface area contributed by atoms with Crippen LogP contribution in [0.25, 0.3) is 0 Å². The molecule has 2 fully saturated rings. The number of nitrogens with one attached hydrogen (secondary N) is 1. The van der Waals surface area contributed by atoms with Crippen LogP contribution in [0.1, 0.15) is 25.7 Å². The van der Waals surface area contributed by atoms with E-state index in [9.17, 15) is 4.79 Å². The zero-order valence-electron chi connectivity index (χ0n) is 8.33. The summed E-state index contributed by atoms with van der Waals surface area (Å²) in [5.41, 5.74) is 0. The summed E-state index contributed by atoms with van der Waals surface area (Å²) in [4.78, 5) is 11.6. The van der Waals surface area contributed by atoms with Gasteiger partial charge in [-0.05, 0) is 31.4 Å². The third-order valence-corrected chi connectivity index (χ3v) is 4.13. The van der Waals surface area contributed by atoms with Gasteiger partial charge in [-0.25, -0.2) is 0 Å². The van der Waals surface area contributed by atoms with Gasteiger partial charge in [-0.15, -0.1) is 11.8 Å². The Morgan fingerprint density at radius 1 is 1.43 bits per heavy atom. The van der Waals surface area contributed by atoms with Crippen molar-refractivity contribution in [2.45, 2.75) is 37.0 Å². The quantitative estimate of drug-likeness (QED) is 0.768. The third kappa shape index (κ3) is 2.64. The number of hydrogen-bond donors (Lipinski definition) is 1. The SMILES string of the molecule is O=C(NCC1CCCO1)C1CCCS1. The summed E-state index contributed by atoms with van der Waals surface area (Å²) in [5, 5.41) is 3.19. The molecule has 2 atom stereocenters. The fourth-order valence-corrected chi connectivity index (χ4v) is 3.10. The van der Waals surface area contributed by atoms with E-state index in [2.05, 4.69) is 5.32 Å². The van der Waals surface area contributed by atoms with Gasteiger partial charge in [-0.2, -0.15) is 0 Å². The fraction of sp³-hybridized carbons (Fsp3) is 0.900. The first-order valence-electron chi connectivity index (χ1n) is 5.37. The molecule has 14 heavy (non-hydrogen) atoms. The Labute approximate surface area is 89.0 Å². The largest absolute Gasteiger partial charge is 0.376 e. The maximum absolute atomic E-state index is 11.6. The highest BCUT2D eigenvalue weighted by Gasteiger charge is 2.24. The van der Waals surface area contributed by atoms with Crippen LogP contribution < -0.4 is 5.32 Å². The molecule has 2 aliphatic heterocycles. The van der Waals surface area contributed by atoms with E-state index in [0.29, 0.717) is 6.54 Å². The molecule has 80 valence electrons. The summed E-state index contributed by atoms with van der Waals surface area (Å²) >= 11 is 1.78. The van der Waals surface area contributed by atoms with Crippen LogP contribution >= 0.6 is 11.8 Å². The molecule has 2 aliphatic rings. The zero-order chi connectivity index (χ0) is 9.80. The molecule has 0 spiro atoms. The monoisotopic (exact) mass is 215 g/mol. The highest BCUT2D eigenvalue weighted by molar-refractivity contribution is 8.00. The molecule has 2 heterocycles. The average molecular weight is 215 g/mol. The van der Waals surface area contributed by atoms with Crippen molar-refractivity contribution < 1.29 is 9.53 Å². The van der Waals surface area contributed by atoms with Crippen LogP contribution in [0.5, 0.6) is 0 Å². The van der Waals surface area contributed by atoms with Crippen LogP contribution in [0, 0.1) is 0 Å². The van der Waals surface area contributed by atoms with Crippen molar-refractivity contribution in [1.29, 1.82) is 0 Å². The molecule has 1 amide bonds. The van der Waals surface area contributed by atoms with Crippen LogP contribution in [-0.2, 0) is 9.53 Å². The van der Waals surface area contributed by atoms with E-state index < -0.39 is 0 Å². The van der Waals surface area contributed by atoms with Gasteiger partial charge in [0.05, 0.1) is 11.4 Å². The highest BCUT2D eigenvalue weighted by atomic mass is 32.2. The standard InChI is InChI=1S/C10H17NO2S/c12-10(9-4-2-6-14-9)11-7-8-3-1-5-13-8/h8-9H,1-7H2,(H,11,12).